The molecule has 4 aliphatic heterocycles. The first-order chi connectivity index (χ1) is 14.6. The minimum Gasteiger partial charge on any atom is -0.486 e. The third-order valence-corrected chi connectivity index (χ3v) is 8.66. The summed E-state index contributed by atoms with van der Waals surface area (Å²) in [5.41, 5.74) is 0.914. The van der Waals surface area contributed by atoms with Gasteiger partial charge in [-0.15, -0.1) is 11.8 Å². The molecule has 4 heterocycles. The van der Waals surface area contributed by atoms with Gasteiger partial charge in [0.1, 0.15) is 24.6 Å². The molecule has 7 atom stereocenters. The van der Waals surface area contributed by atoms with Crippen LogP contribution in [0.5, 0.6) is 11.5 Å². The maximum Gasteiger partial charge on any atom is 0.253 e. The average molecular weight is 438 g/mol. The molecule has 1 aromatic carbocycles. The number of carbonyl (C=O) groups excluding carboxylic acids is 1. The summed E-state index contributed by atoms with van der Waals surface area (Å²) in [5.74, 6) is 2.29. The van der Waals surface area contributed by atoms with Crippen LogP contribution in [0, 0.1) is 17.8 Å². The van der Waals surface area contributed by atoms with E-state index in [4.69, 9.17) is 9.47 Å². The van der Waals surface area contributed by atoms with E-state index in [1.165, 1.54) is 11.8 Å². The first-order valence-corrected chi connectivity index (χ1v) is 11.7. The fraction of sp³-hybridized carbons (Fsp3) is 0.667. The van der Waals surface area contributed by atoms with E-state index in [1.807, 2.05) is 18.2 Å². The molecule has 3 N–H and O–H groups in total. The highest BCUT2D eigenvalue weighted by Crippen LogP contribution is 2.54. The molecular weight excluding hydrogens is 412 g/mol. The summed E-state index contributed by atoms with van der Waals surface area (Å²) in [7, 11) is 0. The number of hydrogen-bond acceptors (Lipinski definition) is 6. The predicted molar refractivity (Wildman–Crippen MR) is 108 cm³/mol. The highest BCUT2D eigenvalue weighted by molar-refractivity contribution is 8.01. The van der Waals surface area contributed by atoms with Crippen molar-refractivity contribution in [3.05, 3.63) is 23.8 Å². The molecule has 1 aromatic rings. The molecule has 9 heteroatoms. The Hall–Kier alpha value is -1.58. The van der Waals surface area contributed by atoms with E-state index in [0.717, 1.165) is 18.4 Å². The number of amides is 1. The average Bonchev–Trinajstić information content (AvgIpc) is 3.53. The molecule has 3 saturated heterocycles. The van der Waals surface area contributed by atoms with Gasteiger partial charge in [0.2, 0.25) is 5.91 Å². The number of carbonyl (C=O) groups is 1. The largest absolute Gasteiger partial charge is 0.486 e. The van der Waals surface area contributed by atoms with Gasteiger partial charge in [-0.05, 0) is 48.8 Å². The van der Waals surface area contributed by atoms with Gasteiger partial charge in [-0.1, -0.05) is 6.07 Å². The summed E-state index contributed by atoms with van der Waals surface area (Å²) >= 11 is 1.51. The van der Waals surface area contributed by atoms with E-state index in [1.54, 1.807) is 0 Å². The summed E-state index contributed by atoms with van der Waals surface area (Å²) in [4.78, 5) is 13.0. The van der Waals surface area contributed by atoms with Gasteiger partial charge in [-0.2, -0.15) is 0 Å². The van der Waals surface area contributed by atoms with Crippen molar-refractivity contribution < 1.29 is 23.0 Å². The molecule has 5 aliphatic rings. The molecule has 7 unspecified atom stereocenters. The molecule has 1 aliphatic carbocycles. The van der Waals surface area contributed by atoms with Crippen molar-refractivity contribution in [2.45, 2.75) is 54.6 Å². The normalized spacial score (nSPS) is 40.0. The van der Waals surface area contributed by atoms with E-state index in [2.05, 4.69) is 16.0 Å². The van der Waals surface area contributed by atoms with Gasteiger partial charge in [0.15, 0.2) is 11.5 Å². The number of piperidine rings is 1. The fourth-order valence-electron chi connectivity index (χ4n) is 5.60. The molecule has 1 saturated carbocycles. The molecule has 1 amide bonds. The fourth-order valence-corrected chi connectivity index (χ4v) is 7.34. The van der Waals surface area contributed by atoms with Gasteiger partial charge in [-0.25, -0.2) is 8.78 Å². The van der Waals surface area contributed by atoms with Crippen molar-refractivity contribution in [3.63, 3.8) is 0 Å². The number of nitrogens with one attached hydrogen (secondary N) is 3. The Morgan fingerprint density at radius 2 is 1.90 bits per heavy atom. The van der Waals surface area contributed by atoms with E-state index < -0.39 is 12.5 Å². The van der Waals surface area contributed by atoms with E-state index in [-0.39, 0.29) is 40.6 Å². The molecule has 6 nitrogen and oxygen atoms in total. The van der Waals surface area contributed by atoms with Gasteiger partial charge < -0.3 is 14.8 Å². The first kappa shape index (κ1) is 19.1. The number of alkyl halides is 2. The monoisotopic (exact) mass is 437 g/mol. The molecule has 0 radical (unpaired) electrons. The van der Waals surface area contributed by atoms with Gasteiger partial charge in [-0.3, -0.25) is 15.4 Å². The minimum absolute atomic E-state index is 0.0250. The molecular formula is C21H25F2N3O3S. The zero-order valence-electron chi connectivity index (χ0n) is 16.4. The van der Waals surface area contributed by atoms with Crippen LogP contribution in [0.2, 0.25) is 0 Å². The Bertz CT molecular complexity index is 855. The number of hydrogen-bond donors (Lipinski definition) is 3. The number of thioether (sulfide) groups is 1. The quantitative estimate of drug-likeness (QED) is 0.674. The van der Waals surface area contributed by atoms with Gasteiger partial charge in [0, 0.05) is 12.0 Å². The number of ether oxygens (including phenoxy) is 2. The second-order valence-electron chi connectivity index (χ2n) is 8.94. The van der Waals surface area contributed by atoms with Gasteiger partial charge >= 0.3 is 0 Å². The van der Waals surface area contributed by atoms with Crippen LogP contribution < -0.4 is 25.4 Å². The van der Waals surface area contributed by atoms with Crippen LogP contribution in [-0.4, -0.2) is 48.3 Å². The minimum atomic E-state index is -2.37. The van der Waals surface area contributed by atoms with Crippen molar-refractivity contribution in [2.75, 3.05) is 13.2 Å². The smallest absolute Gasteiger partial charge is 0.253 e. The maximum absolute atomic E-state index is 13.5. The molecule has 0 aromatic heterocycles. The summed E-state index contributed by atoms with van der Waals surface area (Å²) in [6.45, 7) is 1.04. The highest BCUT2D eigenvalue weighted by Gasteiger charge is 2.58. The van der Waals surface area contributed by atoms with Crippen molar-refractivity contribution in [1.29, 1.82) is 0 Å². The van der Waals surface area contributed by atoms with E-state index in [9.17, 15) is 13.6 Å². The van der Waals surface area contributed by atoms with Crippen LogP contribution in [0.1, 0.15) is 31.0 Å². The molecule has 30 heavy (non-hydrogen) atoms. The standard InChI is InChI=1S/C21H25F2N3O3S/c22-18(23)12-8-11(9-1-2-9)15-16-17(30-21(15)24-12)20(27)26-19(25-16)10-3-4-13-14(7-10)29-6-5-28-13/h3-4,7,9,11-12,15-19,21,24-25H,1-2,5-6,8H2,(H,26,27). The van der Waals surface area contributed by atoms with Crippen LogP contribution in [0.25, 0.3) is 0 Å². The van der Waals surface area contributed by atoms with Crippen LogP contribution in [0.3, 0.4) is 0 Å². The topological polar surface area (TPSA) is 71.6 Å². The van der Waals surface area contributed by atoms with E-state index >= 15 is 0 Å². The lowest BCUT2D eigenvalue weighted by Crippen LogP contribution is -2.62. The third kappa shape index (κ3) is 3.17. The number of benzene rings is 1. The molecule has 4 fully saturated rings. The Labute approximate surface area is 177 Å². The summed E-state index contributed by atoms with van der Waals surface area (Å²) in [6, 6.07) is 4.91. The Kier molecular flexibility index (Phi) is 4.62. The zero-order chi connectivity index (χ0) is 20.4. The summed E-state index contributed by atoms with van der Waals surface area (Å²) in [6.07, 6.45) is 0.0165. The molecule has 6 rings (SSSR count). The van der Waals surface area contributed by atoms with Crippen molar-refractivity contribution in [2.24, 2.45) is 17.8 Å². The highest BCUT2D eigenvalue weighted by atomic mass is 32.2. The van der Waals surface area contributed by atoms with Crippen molar-refractivity contribution in [1.82, 2.24) is 16.0 Å². The first-order valence-electron chi connectivity index (χ1n) is 10.7. The second kappa shape index (κ2) is 7.24. The molecule has 0 bridgehead atoms. The Morgan fingerprint density at radius 1 is 1.10 bits per heavy atom. The van der Waals surface area contributed by atoms with Crippen LogP contribution in [0.4, 0.5) is 8.78 Å². The Balaban J connectivity index is 1.27. The molecule has 0 spiro atoms. The lowest BCUT2D eigenvalue weighted by atomic mass is 9.74. The maximum atomic E-state index is 13.5. The van der Waals surface area contributed by atoms with Crippen LogP contribution >= 0.6 is 11.8 Å². The van der Waals surface area contributed by atoms with Crippen LogP contribution in [-0.2, 0) is 4.79 Å². The van der Waals surface area contributed by atoms with E-state index in [0.29, 0.717) is 37.1 Å². The van der Waals surface area contributed by atoms with Crippen LogP contribution in [0.15, 0.2) is 18.2 Å². The van der Waals surface area contributed by atoms with Gasteiger partial charge in [0.25, 0.3) is 6.43 Å². The lowest BCUT2D eigenvalue weighted by molar-refractivity contribution is -0.124. The third-order valence-electron chi connectivity index (χ3n) is 7.12. The summed E-state index contributed by atoms with van der Waals surface area (Å²) in [5, 5.41) is 9.50. The SMILES string of the molecule is O=C1NC(c2ccc3c(c2)OCCO3)NC2C1SC1NC(C(F)F)CC(C3CC3)C12. The lowest BCUT2D eigenvalue weighted by Gasteiger charge is -2.43. The van der Waals surface area contributed by atoms with Crippen molar-refractivity contribution >= 4 is 17.7 Å². The van der Waals surface area contributed by atoms with Gasteiger partial charge in [0.05, 0.1) is 11.4 Å². The molecule has 162 valence electrons. The Morgan fingerprint density at radius 3 is 2.67 bits per heavy atom. The summed E-state index contributed by atoms with van der Waals surface area (Å²) < 4.78 is 38.3. The number of halogens is 2. The zero-order valence-corrected chi connectivity index (χ0v) is 17.2. The number of fused-ring (bicyclic) bond motifs is 4. The number of rotatable bonds is 3. The predicted octanol–water partition coefficient (Wildman–Crippen LogP) is 2.26. The van der Waals surface area contributed by atoms with Crippen molar-refractivity contribution in [3.8, 4) is 11.5 Å². The second-order valence-corrected chi connectivity index (χ2v) is 10.2.